The smallest absolute Gasteiger partial charge is 0.249 e. The topological polar surface area (TPSA) is 64.3 Å². The Morgan fingerprint density at radius 3 is 2.73 bits per heavy atom. The summed E-state index contributed by atoms with van der Waals surface area (Å²) in [7, 11) is 0. The first-order valence-corrected chi connectivity index (χ1v) is 5.86. The lowest BCUT2D eigenvalue weighted by molar-refractivity contribution is -0.132. The molecule has 0 bridgehead atoms. The number of ether oxygens (including phenoxy) is 1. The van der Waals surface area contributed by atoms with Crippen molar-refractivity contribution >= 4 is 5.91 Å². The third-order valence-corrected chi connectivity index (χ3v) is 2.81. The molecule has 1 unspecified atom stereocenters. The van der Waals surface area contributed by atoms with Crippen LogP contribution in [0.2, 0.25) is 0 Å². The summed E-state index contributed by atoms with van der Waals surface area (Å²) in [5.74, 6) is -0.00431. The number of carbonyl (C=O) groups is 1. The highest BCUT2D eigenvalue weighted by molar-refractivity contribution is 5.80. The lowest BCUT2D eigenvalue weighted by atomic mass is 9.95. The molecule has 1 aliphatic carbocycles. The second-order valence-corrected chi connectivity index (χ2v) is 4.15. The van der Waals surface area contributed by atoms with E-state index in [1.165, 1.54) is 19.3 Å². The summed E-state index contributed by atoms with van der Waals surface area (Å²) >= 11 is 0. The van der Waals surface area contributed by atoms with Crippen molar-refractivity contribution in [2.45, 2.75) is 51.2 Å². The number of hydrogen-bond donors (Lipinski definition) is 2. The molecule has 1 rings (SSSR count). The fourth-order valence-corrected chi connectivity index (χ4v) is 1.89. The first kappa shape index (κ1) is 12.5. The van der Waals surface area contributed by atoms with E-state index < -0.39 is 0 Å². The van der Waals surface area contributed by atoms with Crippen molar-refractivity contribution in [3.8, 4) is 0 Å². The van der Waals surface area contributed by atoms with Crippen LogP contribution < -0.4 is 11.1 Å². The average molecular weight is 214 g/mol. The molecule has 0 aromatic heterocycles. The standard InChI is InChI=1S/C11H22N2O2/c1-9(15-8-7-12)11(14)13-10-5-3-2-4-6-10/h9-10H,2-8,12H2,1H3,(H,13,14). The normalized spacial score (nSPS) is 19.9. The Morgan fingerprint density at radius 2 is 2.13 bits per heavy atom. The van der Waals surface area contributed by atoms with Crippen LogP contribution in [0.4, 0.5) is 0 Å². The van der Waals surface area contributed by atoms with Crippen LogP contribution in [0.15, 0.2) is 0 Å². The van der Waals surface area contributed by atoms with Gasteiger partial charge in [-0.3, -0.25) is 4.79 Å². The molecule has 0 saturated heterocycles. The molecule has 1 aliphatic rings. The van der Waals surface area contributed by atoms with Gasteiger partial charge in [0.05, 0.1) is 6.61 Å². The maximum absolute atomic E-state index is 11.6. The molecule has 1 fully saturated rings. The predicted octanol–water partition coefficient (Wildman–Crippen LogP) is 0.799. The van der Waals surface area contributed by atoms with Crippen LogP contribution in [0.25, 0.3) is 0 Å². The summed E-state index contributed by atoms with van der Waals surface area (Å²) in [6.45, 7) is 2.67. The molecule has 0 aliphatic heterocycles. The highest BCUT2D eigenvalue weighted by Crippen LogP contribution is 2.17. The molecule has 0 aromatic rings. The third-order valence-electron chi connectivity index (χ3n) is 2.81. The lowest BCUT2D eigenvalue weighted by Crippen LogP contribution is -2.42. The Hall–Kier alpha value is -0.610. The van der Waals surface area contributed by atoms with Crippen LogP contribution in [0.5, 0.6) is 0 Å². The molecule has 4 nitrogen and oxygen atoms in total. The van der Waals surface area contributed by atoms with Gasteiger partial charge < -0.3 is 15.8 Å². The van der Waals surface area contributed by atoms with Gasteiger partial charge in [-0.2, -0.15) is 0 Å². The summed E-state index contributed by atoms with van der Waals surface area (Å²) in [6, 6.07) is 0.357. The average Bonchev–Trinajstić information content (AvgIpc) is 2.27. The minimum atomic E-state index is -0.379. The lowest BCUT2D eigenvalue weighted by Gasteiger charge is -2.24. The van der Waals surface area contributed by atoms with Crippen LogP contribution in [0.1, 0.15) is 39.0 Å². The first-order chi connectivity index (χ1) is 7.24. The molecule has 1 amide bonds. The molecule has 15 heavy (non-hydrogen) atoms. The van der Waals surface area contributed by atoms with Gasteiger partial charge in [0.2, 0.25) is 5.91 Å². The number of rotatable bonds is 5. The second-order valence-electron chi connectivity index (χ2n) is 4.15. The fourth-order valence-electron chi connectivity index (χ4n) is 1.89. The van der Waals surface area contributed by atoms with Gasteiger partial charge >= 0.3 is 0 Å². The van der Waals surface area contributed by atoms with Crippen molar-refractivity contribution in [1.29, 1.82) is 0 Å². The number of nitrogens with one attached hydrogen (secondary N) is 1. The van der Waals surface area contributed by atoms with Gasteiger partial charge in [0.15, 0.2) is 0 Å². The van der Waals surface area contributed by atoms with E-state index in [-0.39, 0.29) is 12.0 Å². The Balaban J connectivity index is 2.20. The van der Waals surface area contributed by atoms with Crippen molar-refractivity contribution in [2.24, 2.45) is 5.73 Å². The van der Waals surface area contributed by atoms with Gasteiger partial charge in [0.1, 0.15) is 6.10 Å². The van der Waals surface area contributed by atoms with E-state index in [0.29, 0.717) is 19.2 Å². The van der Waals surface area contributed by atoms with Crippen molar-refractivity contribution in [3.63, 3.8) is 0 Å². The molecule has 0 radical (unpaired) electrons. The quantitative estimate of drug-likeness (QED) is 0.711. The van der Waals surface area contributed by atoms with Gasteiger partial charge in [-0.05, 0) is 19.8 Å². The SMILES string of the molecule is CC(OCCN)C(=O)NC1CCCCC1. The molecule has 88 valence electrons. The number of amides is 1. The monoisotopic (exact) mass is 214 g/mol. The maximum atomic E-state index is 11.6. The first-order valence-electron chi connectivity index (χ1n) is 5.86. The molecule has 3 N–H and O–H groups in total. The van der Waals surface area contributed by atoms with Crippen LogP contribution in [0.3, 0.4) is 0 Å². The molecular formula is C11H22N2O2. The zero-order valence-corrected chi connectivity index (χ0v) is 9.50. The van der Waals surface area contributed by atoms with Crippen LogP contribution in [-0.4, -0.2) is 31.2 Å². The zero-order chi connectivity index (χ0) is 11.1. The Labute approximate surface area is 91.5 Å². The van der Waals surface area contributed by atoms with E-state index in [1.807, 2.05) is 0 Å². The molecule has 0 aromatic carbocycles. The Bertz CT molecular complexity index is 191. The van der Waals surface area contributed by atoms with Gasteiger partial charge in [0.25, 0.3) is 0 Å². The molecule has 4 heteroatoms. The molecule has 1 saturated carbocycles. The molecule has 0 spiro atoms. The summed E-state index contributed by atoms with van der Waals surface area (Å²) < 4.78 is 5.26. The van der Waals surface area contributed by atoms with Crippen LogP contribution >= 0.6 is 0 Å². The fraction of sp³-hybridized carbons (Fsp3) is 0.909. The van der Waals surface area contributed by atoms with Crippen molar-refractivity contribution in [2.75, 3.05) is 13.2 Å². The number of nitrogens with two attached hydrogens (primary N) is 1. The predicted molar refractivity (Wildman–Crippen MR) is 59.5 cm³/mol. The van der Waals surface area contributed by atoms with Gasteiger partial charge in [0, 0.05) is 12.6 Å². The zero-order valence-electron chi connectivity index (χ0n) is 9.50. The Morgan fingerprint density at radius 1 is 1.47 bits per heavy atom. The van der Waals surface area contributed by atoms with Crippen molar-refractivity contribution < 1.29 is 9.53 Å². The minimum Gasteiger partial charge on any atom is -0.367 e. The summed E-state index contributed by atoms with van der Waals surface area (Å²) in [5, 5.41) is 3.02. The Kier molecular flexibility index (Phi) is 5.65. The second kappa shape index (κ2) is 6.80. The van der Waals surface area contributed by atoms with Gasteiger partial charge in [-0.15, -0.1) is 0 Å². The van der Waals surface area contributed by atoms with Gasteiger partial charge in [-0.25, -0.2) is 0 Å². The van der Waals surface area contributed by atoms with E-state index >= 15 is 0 Å². The van der Waals surface area contributed by atoms with E-state index in [4.69, 9.17) is 10.5 Å². The van der Waals surface area contributed by atoms with Crippen molar-refractivity contribution in [3.05, 3.63) is 0 Å². The highest BCUT2D eigenvalue weighted by Gasteiger charge is 2.19. The number of carbonyl (C=O) groups excluding carboxylic acids is 1. The minimum absolute atomic E-state index is 0.00431. The largest absolute Gasteiger partial charge is 0.367 e. The van der Waals surface area contributed by atoms with E-state index in [2.05, 4.69) is 5.32 Å². The third kappa shape index (κ3) is 4.62. The van der Waals surface area contributed by atoms with Crippen LogP contribution in [0, 0.1) is 0 Å². The molecular weight excluding hydrogens is 192 g/mol. The van der Waals surface area contributed by atoms with Crippen LogP contribution in [-0.2, 0) is 9.53 Å². The summed E-state index contributed by atoms with van der Waals surface area (Å²) in [6.07, 6.45) is 5.58. The van der Waals surface area contributed by atoms with Crippen molar-refractivity contribution in [1.82, 2.24) is 5.32 Å². The number of hydrogen-bond acceptors (Lipinski definition) is 3. The highest BCUT2D eigenvalue weighted by atomic mass is 16.5. The summed E-state index contributed by atoms with van der Waals surface area (Å²) in [5.41, 5.74) is 5.30. The molecule has 1 atom stereocenters. The maximum Gasteiger partial charge on any atom is 0.249 e. The van der Waals surface area contributed by atoms with E-state index in [0.717, 1.165) is 12.8 Å². The van der Waals surface area contributed by atoms with Gasteiger partial charge in [-0.1, -0.05) is 19.3 Å². The molecule has 0 heterocycles. The summed E-state index contributed by atoms with van der Waals surface area (Å²) in [4.78, 5) is 11.6. The van der Waals surface area contributed by atoms with E-state index in [1.54, 1.807) is 6.92 Å². The van der Waals surface area contributed by atoms with E-state index in [9.17, 15) is 4.79 Å².